The van der Waals surface area contributed by atoms with Gasteiger partial charge in [-0.3, -0.25) is 0 Å². The van der Waals surface area contributed by atoms with Gasteiger partial charge in [0.25, 0.3) is 0 Å². The summed E-state index contributed by atoms with van der Waals surface area (Å²) >= 11 is 0. The summed E-state index contributed by atoms with van der Waals surface area (Å²) in [6, 6.07) is 3.26. The first-order chi connectivity index (χ1) is 9.77. The van der Waals surface area contributed by atoms with Crippen molar-refractivity contribution in [1.82, 2.24) is 4.90 Å². The Bertz CT molecular complexity index is 616. The summed E-state index contributed by atoms with van der Waals surface area (Å²) in [4.78, 5) is 2.33. The number of primary sulfonamides is 1. The molecule has 0 amide bonds. The molecule has 0 saturated carbocycles. The third-order valence-electron chi connectivity index (χ3n) is 3.55. The number of aryl methyl sites for hydroxylation is 2. The summed E-state index contributed by atoms with van der Waals surface area (Å²) in [5, 5.41) is 5.19. The van der Waals surface area contributed by atoms with Crippen molar-refractivity contribution in [2.24, 2.45) is 5.14 Å². The first-order valence-corrected chi connectivity index (χ1v) is 8.39. The summed E-state index contributed by atoms with van der Waals surface area (Å²) < 4.78 is 34.4. The van der Waals surface area contributed by atoms with Crippen LogP contribution in [0.1, 0.15) is 11.1 Å². The van der Waals surface area contributed by atoms with Crippen LogP contribution in [0.2, 0.25) is 0 Å². The van der Waals surface area contributed by atoms with E-state index in [1.807, 2.05) is 7.05 Å². The van der Waals surface area contributed by atoms with Gasteiger partial charge in [-0.1, -0.05) is 0 Å². The first-order valence-electron chi connectivity index (χ1n) is 6.84. The van der Waals surface area contributed by atoms with Gasteiger partial charge < -0.3 is 14.4 Å². The van der Waals surface area contributed by atoms with Crippen molar-refractivity contribution in [2.75, 3.05) is 33.4 Å². The monoisotopic (exact) mass is 314 g/mol. The molecule has 1 aromatic rings. The van der Waals surface area contributed by atoms with E-state index in [1.54, 1.807) is 26.0 Å². The van der Waals surface area contributed by atoms with E-state index in [2.05, 4.69) is 4.90 Å². The van der Waals surface area contributed by atoms with E-state index in [0.717, 1.165) is 18.7 Å². The highest BCUT2D eigenvalue weighted by molar-refractivity contribution is 7.89. The molecule has 1 saturated heterocycles. The van der Waals surface area contributed by atoms with Crippen LogP contribution >= 0.6 is 0 Å². The Morgan fingerprint density at radius 2 is 2.10 bits per heavy atom. The highest BCUT2D eigenvalue weighted by atomic mass is 32.2. The molecule has 6 nitrogen and oxygen atoms in total. The maximum atomic E-state index is 11.5. The lowest BCUT2D eigenvalue weighted by Crippen LogP contribution is -2.42. The first kappa shape index (κ1) is 16.2. The topological polar surface area (TPSA) is 81.9 Å². The molecular formula is C14H22N2O4S. The van der Waals surface area contributed by atoms with Crippen LogP contribution < -0.4 is 9.88 Å². The average molecular weight is 314 g/mol. The minimum Gasteiger partial charge on any atom is -0.491 e. The number of sulfonamides is 1. The highest BCUT2D eigenvalue weighted by Gasteiger charge is 2.19. The van der Waals surface area contributed by atoms with Gasteiger partial charge in [0.2, 0.25) is 10.0 Å². The third-order valence-corrected chi connectivity index (χ3v) is 4.60. The fourth-order valence-corrected chi connectivity index (χ4v) is 3.22. The minimum atomic E-state index is -3.70. The molecule has 0 bridgehead atoms. The molecule has 0 spiro atoms. The van der Waals surface area contributed by atoms with Gasteiger partial charge >= 0.3 is 0 Å². The maximum Gasteiger partial charge on any atom is 0.238 e. The number of likely N-dealkylation sites (N-methyl/N-ethyl adjacent to an activating group) is 1. The van der Waals surface area contributed by atoms with Crippen molar-refractivity contribution in [3.8, 4) is 5.75 Å². The van der Waals surface area contributed by atoms with Crippen LogP contribution in [0.5, 0.6) is 5.75 Å². The molecule has 1 aliphatic rings. The smallest absolute Gasteiger partial charge is 0.238 e. The van der Waals surface area contributed by atoms with Crippen molar-refractivity contribution in [1.29, 1.82) is 0 Å². The van der Waals surface area contributed by atoms with Crippen LogP contribution in [0.3, 0.4) is 0 Å². The number of rotatable bonds is 4. The van der Waals surface area contributed by atoms with Crippen LogP contribution in [0, 0.1) is 13.8 Å². The minimum absolute atomic E-state index is 0.0290. The van der Waals surface area contributed by atoms with Crippen LogP contribution in [0.25, 0.3) is 0 Å². The van der Waals surface area contributed by atoms with E-state index < -0.39 is 10.0 Å². The Morgan fingerprint density at radius 1 is 1.38 bits per heavy atom. The lowest BCUT2D eigenvalue weighted by Gasteiger charge is -2.30. The lowest BCUT2D eigenvalue weighted by atomic mass is 10.1. The van der Waals surface area contributed by atoms with Gasteiger partial charge in [-0.2, -0.15) is 0 Å². The van der Waals surface area contributed by atoms with E-state index >= 15 is 0 Å². The Balaban J connectivity index is 2.09. The molecule has 2 rings (SSSR count). The van der Waals surface area contributed by atoms with Gasteiger partial charge in [-0.15, -0.1) is 0 Å². The van der Waals surface area contributed by atoms with E-state index in [-0.39, 0.29) is 11.0 Å². The molecule has 0 aliphatic carbocycles. The van der Waals surface area contributed by atoms with Crippen LogP contribution in [-0.4, -0.2) is 52.8 Å². The number of morpholine rings is 1. The zero-order chi connectivity index (χ0) is 15.6. The molecular weight excluding hydrogens is 292 g/mol. The summed E-state index contributed by atoms with van der Waals surface area (Å²) in [6.07, 6.45) is 0.0290. The van der Waals surface area contributed by atoms with Crippen molar-refractivity contribution >= 4 is 10.0 Å². The third kappa shape index (κ3) is 4.16. The SMILES string of the molecule is Cc1cc(S(N)(=O)=O)c(C)cc1OCC1CN(C)CCO1. The van der Waals surface area contributed by atoms with Crippen LogP contribution in [-0.2, 0) is 14.8 Å². The van der Waals surface area contributed by atoms with Gasteiger partial charge in [-0.05, 0) is 44.2 Å². The molecule has 1 atom stereocenters. The highest BCUT2D eigenvalue weighted by Crippen LogP contribution is 2.25. The van der Waals surface area contributed by atoms with Gasteiger partial charge in [0.15, 0.2) is 0 Å². The number of nitrogens with two attached hydrogens (primary N) is 1. The van der Waals surface area contributed by atoms with Gasteiger partial charge in [-0.25, -0.2) is 13.6 Å². The van der Waals surface area contributed by atoms with Crippen molar-refractivity contribution in [2.45, 2.75) is 24.8 Å². The summed E-state index contributed by atoms with van der Waals surface area (Å²) in [6.45, 7) is 6.41. The summed E-state index contributed by atoms with van der Waals surface area (Å²) in [5.41, 5.74) is 1.33. The second-order valence-electron chi connectivity index (χ2n) is 5.49. The molecule has 7 heteroatoms. The molecule has 1 heterocycles. The summed E-state index contributed by atoms with van der Waals surface area (Å²) in [7, 11) is -1.65. The fourth-order valence-electron chi connectivity index (χ4n) is 2.38. The largest absolute Gasteiger partial charge is 0.491 e. The van der Waals surface area contributed by atoms with Gasteiger partial charge in [0.05, 0.1) is 11.5 Å². The van der Waals surface area contributed by atoms with Gasteiger partial charge in [0.1, 0.15) is 18.5 Å². The average Bonchev–Trinajstić information content (AvgIpc) is 2.38. The molecule has 1 aliphatic heterocycles. The fraction of sp³-hybridized carbons (Fsp3) is 0.571. The van der Waals surface area contributed by atoms with Crippen molar-refractivity contribution < 1.29 is 17.9 Å². The second kappa shape index (κ2) is 6.31. The number of benzene rings is 1. The van der Waals surface area contributed by atoms with E-state index in [1.165, 1.54) is 0 Å². The molecule has 118 valence electrons. The molecule has 1 aromatic carbocycles. The number of hydrogen-bond donors (Lipinski definition) is 1. The van der Waals surface area contributed by atoms with E-state index in [0.29, 0.717) is 24.5 Å². The number of hydrogen-bond acceptors (Lipinski definition) is 5. The molecule has 2 N–H and O–H groups in total. The van der Waals surface area contributed by atoms with Gasteiger partial charge in [0, 0.05) is 13.1 Å². The summed E-state index contributed by atoms with van der Waals surface area (Å²) in [5.74, 6) is 0.664. The standard InChI is InChI=1S/C14H22N2O4S/c1-10-7-14(21(15,17)18)11(2)6-13(10)20-9-12-8-16(3)4-5-19-12/h6-7,12H,4-5,8-9H2,1-3H3,(H2,15,17,18). The number of nitrogens with zero attached hydrogens (tertiary/aromatic N) is 1. The lowest BCUT2D eigenvalue weighted by molar-refractivity contribution is -0.0404. The quantitative estimate of drug-likeness (QED) is 0.883. The van der Waals surface area contributed by atoms with Crippen molar-refractivity contribution in [3.63, 3.8) is 0 Å². The predicted octanol–water partition coefficient (Wildman–Crippen LogP) is 0.660. The Kier molecular flexibility index (Phi) is 4.88. The van der Waals surface area contributed by atoms with Crippen molar-refractivity contribution in [3.05, 3.63) is 23.3 Å². The normalized spacial score (nSPS) is 20.5. The molecule has 1 unspecified atom stereocenters. The van der Waals surface area contributed by atoms with Crippen LogP contribution in [0.4, 0.5) is 0 Å². The van der Waals surface area contributed by atoms with E-state index in [4.69, 9.17) is 14.6 Å². The van der Waals surface area contributed by atoms with Crippen LogP contribution in [0.15, 0.2) is 17.0 Å². The zero-order valence-corrected chi connectivity index (χ0v) is 13.4. The zero-order valence-electron chi connectivity index (χ0n) is 12.6. The number of ether oxygens (including phenoxy) is 2. The molecule has 0 aromatic heterocycles. The Labute approximate surface area is 125 Å². The van der Waals surface area contributed by atoms with E-state index in [9.17, 15) is 8.42 Å². The predicted molar refractivity (Wildman–Crippen MR) is 80.0 cm³/mol. The molecule has 1 fully saturated rings. The molecule has 0 radical (unpaired) electrons. The maximum absolute atomic E-state index is 11.5. The Hall–Kier alpha value is -1.15. The second-order valence-corrected chi connectivity index (χ2v) is 7.02. The Morgan fingerprint density at radius 3 is 2.71 bits per heavy atom. The molecule has 21 heavy (non-hydrogen) atoms.